The van der Waals surface area contributed by atoms with Gasteiger partial charge in [-0.05, 0) is 49.2 Å². The lowest BCUT2D eigenvalue weighted by atomic mass is 9.99. The SMILES string of the molecule is COc1cc(C(=O)O[C@H](C(=O)N/C(C(=O)NCC(C)=O)=C2/NC[C@H]3O[C@H]3[C@@H]2OC(C)=O)[C@]2(C)CO2)c2cccc(C)c2c1. The number of Topliss-reactive ketones (excluding diaryl/α,β-unsaturated/α-hetero) is 1. The van der Waals surface area contributed by atoms with Gasteiger partial charge in [-0.25, -0.2) is 4.79 Å². The van der Waals surface area contributed by atoms with E-state index in [0.717, 1.165) is 10.9 Å². The fourth-order valence-corrected chi connectivity index (χ4v) is 5.02. The lowest BCUT2D eigenvalue weighted by molar-refractivity contribution is -0.146. The second-order valence-corrected chi connectivity index (χ2v) is 10.9. The number of piperidine rings is 1. The fraction of sp³-hybridized carbons (Fsp3) is 0.433. The minimum absolute atomic E-state index is 0.0876. The standard InChI is InChI=1S/C30H33N3O10/c1-14-7-6-8-18-19(14)9-17(39-5)10-20(18)29(38)43-26(30(4)13-40-30)28(37)33-23(27(36)32-11-15(2)34)22-25(41-16(3)35)24-21(42-24)12-31-22/h6-10,21,24-26,31H,11-13H2,1-5H3,(H,32,36)(H,33,37)/b23-22+/t21-,24-,25-,26-,30+/m1/s1. The van der Waals surface area contributed by atoms with Gasteiger partial charge in [0, 0.05) is 13.5 Å². The van der Waals surface area contributed by atoms with E-state index in [0.29, 0.717) is 17.7 Å². The predicted octanol–water partition coefficient (Wildman–Crippen LogP) is 0.806. The molecule has 43 heavy (non-hydrogen) atoms. The van der Waals surface area contributed by atoms with Crippen LogP contribution >= 0.6 is 0 Å². The van der Waals surface area contributed by atoms with Gasteiger partial charge in [0.15, 0.2) is 6.10 Å². The summed E-state index contributed by atoms with van der Waals surface area (Å²) < 4.78 is 27.7. The number of esters is 2. The van der Waals surface area contributed by atoms with E-state index >= 15 is 0 Å². The van der Waals surface area contributed by atoms with Gasteiger partial charge in [-0.1, -0.05) is 18.2 Å². The lowest BCUT2D eigenvalue weighted by Gasteiger charge is -2.27. The van der Waals surface area contributed by atoms with Crippen LogP contribution in [0.15, 0.2) is 41.7 Å². The zero-order chi connectivity index (χ0) is 31.1. The molecule has 13 heteroatoms. The molecule has 0 radical (unpaired) electrons. The Morgan fingerprint density at radius 2 is 1.88 bits per heavy atom. The number of nitrogens with one attached hydrogen (secondary N) is 3. The second-order valence-electron chi connectivity index (χ2n) is 10.9. The molecule has 3 heterocycles. The largest absolute Gasteiger partial charge is 0.497 e. The third-order valence-corrected chi connectivity index (χ3v) is 7.49. The zero-order valence-electron chi connectivity index (χ0n) is 24.4. The smallest absolute Gasteiger partial charge is 0.339 e. The summed E-state index contributed by atoms with van der Waals surface area (Å²) in [5, 5.41) is 9.38. The van der Waals surface area contributed by atoms with E-state index in [4.69, 9.17) is 23.7 Å². The molecule has 0 saturated carbocycles. The molecule has 3 aliphatic heterocycles. The van der Waals surface area contributed by atoms with Crippen LogP contribution in [-0.4, -0.2) is 86.4 Å². The third kappa shape index (κ3) is 6.32. The first-order valence-electron chi connectivity index (χ1n) is 13.7. The first-order chi connectivity index (χ1) is 20.4. The van der Waals surface area contributed by atoms with Gasteiger partial charge in [0.05, 0.1) is 31.5 Å². The second kappa shape index (κ2) is 11.7. The van der Waals surface area contributed by atoms with E-state index in [9.17, 15) is 24.0 Å². The number of ketones is 1. The maximum atomic E-state index is 13.8. The van der Waals surface area contributed by atoms with Crippen molar-refractivity contribution in [3.63, 3.8) is 0 Å². The van der Waals surface area contributed by atoms with Crippen molar-refractivity contribution < 1.29 is 47.7 Å². The van der Waals surface area contributed by atoms with Crippen LogP contribution in [0.2, 0.25) is 0 Å². The van der Waals surface area contributed by atoms with Crippen molar-refractivity contribution in [1.29, 1.82) is 0 Å². The molecule has 3 aliphatic rings. The van der Waals surface area contributed by atoms with Crippen LogP contribution in [-0.2, 0) is 38.1 Å². The van der Waals surface area contributed by atoms with Gasteiger partial charge in [0.1, 0.15) is 35.0 Å². The quantitative estimate of drug-likeness (QED) is 0.201. The van der Waals surface area contributed by atoms with Gasteiger partial charge in [-0.15, -0.1) is 0 Å². The highest BCUT2D eigenvalue weighted by Crippen LogP contribution is 2.36. The van der Waals surface area contributed by atoms with Crippen LogP contribution < -0.4 is 20.7 Å². The van der Waals surface area contributed by atoms with Crippen molar-refractivity contribution in [2.24, 2.45) is 0 Å². The Balaban J connectivity index is 1.47. The Morgan fingerprint density at radius 3 is 2.53 bits per heavy atom. The highest BCUT2D eigenvalue weighted by molar-refractivity contribution is 6.07. The maximum absolute atomic E-state index is 13.8. The van der Waals surface area contributed by atoms with E-state index in [2.05, 4.69) is 16.0 Å². The number of hydrogen-bond donors (Lipinski definition) is 3. The first kappa shape index (κ1) is 30.0. The van der Waals surface area contributed by atoms with Crippen molar-refractivity contribution >= 4 is 40.3 Å². The van der Waals surface area contributed by atoms with Crippen molar-refractivity contribution in [1.82, 2.24) is 16.0 Å². The molecule has 0 spiro atoms. The molecule has 3 fully saturated rings. The van der Waals surface area contributed by atoms with Crippen molar-refractivity contribution in [3.05, 3.63) is 52.9 Å². The van der Waals surface area contributed by atoms with E-state index in [1.807, 2.05) is 13.0 Å². The number of carbonyl (C=O) groups excluding carboxylic acids is 5. The number of carbonyl (C=O) groups is 5. The Hall–Kier alpha value is -4.49. The Labute approximate surface area is 247 Å². The molecule has 228 valence electrons. The molecule has 13 nitrogen and oxygen atoms in total. The minimum Gasteiger partial charge on any atom is -0.497 e. The number of hydrogen-bond acceptors (Lipinski definition) is 11. The van der Waals surface area contributed by atoms with E-state index < -0.39 is 47.7 Å². The molecule has 0 unspecified atom stereocenters. The molecule has 3 N–H and O–H groups in total. The van der Waals surface area contributed by atoms with Crippen molar-refractivity contribution in [2.45, 2.75) is 57.7 Å². The first-order valence-corrected chi connectivity index (χ1v) is 13.7. The molecule has 2 aromatic carbocycles. The highest BCUT2D eigenvalue weighted by atomic mass is 16.6. The van der Waals surface area contributed by atoms with Gasteiger partial charge in [-0.2, -0.15) is 0 Å². The third-order valence-electron chi connectivity index (χ3n) is 7.49. The summed E-state index contributed by atoms with van der Waals surface area (Å²) in [4.78, 5) is 64.2. The summed E-state index contributed by atoms with van der Waals surface area (Å²) in [6.07, 6.45) is -3.26. The summed E-state index contributed by atoms with van der Waals surface area (Å²) in [6.45, 7) is 6.10. The molecule has 5 rings (SSSR count). The van der Waals surface area contributed by atoms with E-state index in [1.165, 1.54) is 27.0 Å². The summed E-state index contributed by atoms with van der Waals surface area (Å²) in [5.41, 5.74) is -0.299. The molecule has 0 aromatic heterocycles. The Morgan fingerprint density at radius 1 is 1.14 bits per heavy atom. The van der Waals surface area contributed by atoms with Crippen LogP contribution in [0.5, 0.6) is 5.75 Å². The van der Waals surface area contributed by atoms with Crippen LogP contribution in [0.4, 0.5) is 0 Å². The molecular formula is C30H33N3O10. The Kier molecular flexibility index (Phi) is 8.12. The van der Waals surface area contributed by atoms with Crippen LogP contribution in [0.25, 0.3) is 10.8 Å². The average Bonchev–Trinajstić information content (AvgIpc) is 3.90. The van der Waals surface area contributed by atoms with E-state index in [-0.39, 0.29) is 42.0 Å². The summed E-state index contributed by atoms with van der Waals surface area (Å²) in [7, 11) is 1.48. The highest BCUT2D eigenvalue weighted by Gasteiger charge is 2.55. The van der Waals surface area contributed by atoms with Gasteiger partial charge in [0.25, 0.3) is 11.8 Å². The van der Waals surface area contributed by atoms with Gasteiger partial charge in [-0.3, -0.25) is 19.2 Å². The van der Waals surface area contributed by atoms with Crippen LogP contribution in [0.1, 0.15) is 36.7 Å². The van der Waals surface area contributed by atoms with Gasteiger partial charge in [0.2, 0.25) is 6.10 Å². The molecular weight excluding hydrogens is 562 g/mol. The maximum Gasteiger partial charge on any atom is 0.339 e. The number of fused-ring (bicyclic) bond motifs is 2. The number of amides is 2. The number of epoxide rings is 2. The summed E-state index contributed by atoms with van der Waals surface area (Å²) >= 11 is 0. The van der Waals surface area contributed by atoms with Crippen LogP contribution in [0.3, 0.4) is 0 Å². The number of ether oxygens (including phenoxy) is 5. The molecule has 0 bridgehead atoms. The number of aryl methyl sites for hydroxylation is 1. The van der Waals surface area contributed by atoms with Crippen molar-refractivity contribution in [2.75, 3.05) is 26.8 Å². The Bertz CT molecular complexity index is 1550. The van der Waals surface area contributed by atoms with Crippen molar-refractivity contribution in [3.8, 4) is 5.75 Å². The number of methoxy groups -OCH3 is 1. The molecule has 3 saturated heterocycles. The zero-order valence-corrected chi connectivity index (χ0v) is 24.4. The van der Waals surface area contributed by atoms with Gasteiger partial charge < -0.3 is 39.6 Å². The predicted molar refractivity (Wildman–Crippen MR) is 150 cm³/mol. The monoisotopic (exact) mass is 595 g/mol. The van der Waals surface area contributed by atoms with E-state index in [1.54, 1.807) is 25.1 Å². The average molecular weight is 596 g/mol. The van der Waals surface area contributed by atoms with Crippen LogP contribution in [0, 0.1) is 6.92 Å². The number of benzene rings is 2. The molecule has 5 atom stereocenters. The normalized spacial score (nSPS) is 25.3. The molecule has 0 aliphatic carbocycles. The summed E-state index contributed by atoms with van der Waals surface area (Å²) in [5.74, 6) is -3.00. The topological polar surface area (TPSA) is 174 Å². The molecule has 2 aromatic rings. The lowest BCUT2D eigenvalue weighted by Crippen LogP contribution is -2.51. The minimum atomic E-state index is -1.48. The molecule has 2 amide bonds. The number of rotatable bonds is 10. The summed E-state index contributed by atoms with van der Waals surface area (Å²) in [6, 6.07) is 8.80. The van der Waals surface area contributed by atoms with Gasteiger partial charge >= 0.3 is 11.9 Å². The fourth-order valence-electron chi connectivity index (χ4n) is 5.02.